The van der Waals surface area contributed by atoms with Crippen LogP contribution in [-0.2, 0) is 4.79 Å². The number of methoxy groups -OCH3 is 1. The summed E-state index contributed by atoms with van der Waals surface area (Å²) in [6.07, 6.45) is 0.993. The Labute approximate surface area is 119 Å². The number of nitrogens with one attached hydrogen (secondary N) is 1. The molecule has 1 aromatic carbocycles. The van der Waals surface area contributed by atoms with E-state index >= 15 is 0 Å². The van der Waals surface area contributed by atoms with Crippen LogP contribution in [0.3, 0.4) is 0 Å². The minimum atomic E-state index is -0.620. The molecular formula is C15H22N2O3. The van der Waals surface area contributed by atoms with Gasteiger partial charge in [0.05, 0.1) is 7.11 Å². The number of nitrogens with two attached hydrogens (primary N) is 1. The Morgan fingerprint density at radius 3 is 2.70 bits per heavy atom. The lowest BCUT2D eigenvalue weighted by atomic mass is 10.1. The summed E-state index contributed by atoms with van der Waals surface area (Å²) < 4.78 is 10.9. The van der Waals surface area contributed by atoms with Gasteiger partial charge in [-0.2, -0.15) is 0 Å². The molecule has 0 fully saturated rings. The first-order valence-corrected chi connectivity index (χ1v) is 6.48. The molecule has 1 amide bonds. The number of ether oxygens (including phenoxy) is 2. The summed E-state index contributed by atoms with van der Waals surface area (Å²) >= 11 is 0. The third-order valence-corrected chi connectivity index (χ3v) is 2.81. The smallest absolute Gasteiger partial charge is 0.261 e. The number of carbonyl (C=O) groups excluding carboxylic acids is 1. The van der Waals surface area contributed by atoms with Crippen molar-refractivity contribution in [3.05, 3.63) is 36.4 Å². The lowest BCUT2D eigenvalue weighted by Crippen LogP contribution is -2.36. The molecule has 110 valence electrons. The Kier molecular flexibility index (Phi) is 6.06. The van der Waals surface area contributed by atoms with E-state index in [2.05, 4.69) is 11.9 Å². The predicted octanol–water partition coefficient (Wildman–Crippen LogP) is 1.78. The predicted molar refractivity (Wildman–Crippen MR) is 78.9 cm³/mol. The number of hydrogen-bond donors (Lipinski definition) is 2. The molecule has 0 bridgehead atoms. The van der Waals surface area contributed by atoms with Gasteiger partial charge in [-0.25, -0.2) is 0 Å². The van der Waals surface area contributed by atoms with Crippen molar-refractivity contribution in [2.24, 2.45) is 5.73 Å². The number of rotatable bonds is 7. The second-order valence-corrected chi connectivity index (χ2v) is 4.49. The van der Waals surface area contributed by atoms with Crippen LogP contribution >= 0.6 is 0 Å². The molecule has 0 saturated heterocycles. The standard InChI is InChI=1S/C15H22N2O3/c1-5-8-17-15(18)11(3)20-13-7-6-12(10(2)16)9-14(13)19-4/h5-7,9-11H,1,8,16H2,2-4H3,(H,17,18)/t10-,11?/m0/s1. The van der Waals surface area contributed by atoms with Crippen molar-refractivity contribution in [2.45, 2.75) is 26.0 Å². The highest BCUT2D eigenvalue weighted by molar-refractivity contribution is 5.80. The maximum absolute atomic E-state index is 11.7. The molecule has 5 nitrogen and oxygen atoms in total. The van der Waals surface area contributed by atoms with Gasteiger partial charge in [0.25, 0.3) is 5.91 Å². The van der Waals surface area contributed by atoms with Crippen LogP contribution in [0.5, 0.6) is 11.5 Å². The van der Waals surface area contributed by atoms with Gasteiger partial charge in [0.15, 0.2) is 17.6 Å². The summed E-state index contributed by atoms with van der Waals surface area (Å²) in [6, 6.07) is 5.34. The van der Waals surface area contributed by atoms with Gasteiger partial charge in [0.1, 0.15) is 0 Å². The molecular weight excluding hydrogens is 256 g/mol. The fourth-order valence-corrected chi connectivity index (χ4v) is 1.63. The second kappa shape index (κ2) is 7.55. The molecule has 0 aliphatic carbocycles. The van der Waals surface area contributed by atoms with E-state index in [1.807, 2.05) is 19.1 Å². The second-order valence-electron chi connectivity index (χ2n) is 4.49. The molecule has 5 heteroatoms. The minimum Gasteiger partial charge on any atom is -0.493 e. The van der Waals surface area contributed by atoms with Crippen LogP contribution in [0.4, 0.5) is 0 Å². The van der Waals surface area contributed by atoms with Crippen LogP contribution in [0.15, 0.2) is 30.9 Å². The lowest BCUT2D eigenvalue weighted by molar-refractivity contribution is -0.127. The van der Waals surface area contributed by atoms with Gasteiger partial charge >= 0.3 is 0 Å². The van der Waals surface area contributed by atoms with Crippen molar-refractivity contribution >= 4 is 5.91 Å². The zero-order chi connectivity index (χ0) is 15.1. The van der Waals surface area contributed by atoms with E-state index in [4.69, 9.17) is 15.2 Å². The molecule has 0 spiro atoms. The molecule has 0 heterocycles. The molecule has 0 radical (unpaired) electrons. The first-order valence-electron chi connectivity index (χ1n) is 6.48. The summed E-state index contributed by atoms with van der Waals surface area (Å²) in [5, 5.41) is 2.68. The van der Waals surface area contributed by atoms with Crippen molar-refractivity contribution in [1.82, 2.24) is 5.32 Å². The zero-order valence-electron chi connectivity index (χ0n) is 12.2. The summed E-state index contributed by atoms with van der Waals surface area (Å²) in [7, 11) is 1.55. The Bertz CT molecular complexity index is 472. The van der Waals surface area contributed by atoms with Crippen LogP contribution in [-0.4, -0.2) is 25.7 Å². The summed E-state index contributed by atoms with van der Waals surface area (Å²) in [6.45, 7) is 7.52. The number of benzene rings is 1. The van der Waals surface area contributed by atoms with E-state index in [-0.39, 0.29) is 11.9 Å². The Hall–Kier alpha value is -2.01. The van der Waals surface area contributed by atoms with Gasteiger partial charge in [-0.05, 0) is 31.5 Å². The highest BCUT2D eigenvalue weighted by Crippen LogP contribution is 2.30. The summed E-state index contributed by atoms with van der Waals surface area (Å²) in [5.74, 6) is 0.865. The molecule has 0 saturated carbocycles. The number of hydrogen-bond acceptors (Lipinski definition) is 4. The molecule has 0 aromatic heterocycles. The van der Waals surface area contributed by atoms with Crippen molar-refractivity contribution in [3.63, 3.8) is 0 Å². The first kappa shape index (κ1) is 16.0. The quantitative estimate of drug-likeness (QED) is 0.746. The van der Waals surface area contributed by atoms with Crippen molar-refractivity contribution in [1.29, 1.82) is 0 Å². The lowest BCUT2D eigenvalue weighted by Gasteiger charge is -2.17. The Morgan fingerprint density at radius 2 is 2.15 bits per heavy atom. The van der Waals surface area contributed by atoms with Gasteiger partial charge in [-0.15, -0.1) is 6.58 Å². The number of amides is 1. The minimum absolute atomic E-state index is 0.0914. The largest absolute Gasteiger partial charge is 0.493 e. The third-order valence-electron chi connectivity index (χ3n) is 2.81. The molecule has 1 aromatic rings. The normalized spacial score (nSPS) is 13.2. The maximum atomic E-state index is 11.7. The summed E-state index contributed by atoms with van der Waals surface area (Å²) in [4.78, 5) is 11.7. The van der Waals surface area contributed by atoms with E-state index in [1.54, 1.807) is 26.2 Å². The SMILES string of the molecule is C=CCNC(=O)C(C)Oc1ccc([C@H](C)N)cc1OC. The summed E-state index contributed by atoms with van der Waals surface area (Å²) in [5.41, 5.74) is 6.76. The van der Waals surface area contributed by atoms with Gasteiger partial charge in [-0.1, -0.05) is 12.1 Å². The van der Waals surface area contributed by atoms with Crippen molar-refractivity contribution in [3.8, 4) is 11.5 Å². The highest BCUT2D eigenvalue weighted by Gasteiger charge is 2.16. The van der Waals surface area contributed by atoms with Crippen LogP contribution in [0.2, 0.25) is 0 Å². The van der Waals surface area contributed by atoms with Crippen molar-refractivity contribution in [2.75, 3.05) is 13.7 Å². The maximum Gasteiger partial charge on any atom is 0.261 e. The fraction of sp³-hybridized carbons (Fsp3) is 0.400. The van der Waals surface area contributed by atoms with E-state index in [9.17, 15) is 4.79 Å². The molecule has 0 aliphatic heterocycles. The third kappa shape index (κ3) is 4.28. The Morgan fingerprint density at radius 1 is 1.45 bits per heavy atom. The van der Waals surface area contributed by atoms with Crippen LogP contribution in [0, 0.1) is 0 Å². The van der Waals surface area contributed by atoms with Gasteiger partial charge in [0, 0.05) is 12.6 Å². The van der Waals surface area contributed by atoms with Gasteiger partial charge < -0.3 is 20.5 Å². The molecule has 2 atom stereocenters. The van der Waals surface area contributed by atoms with Gasteiger partial charge in [-0.3, -0.25) is 4.79 Å². The van der Waals surface area contributed by atoms with Crippen LogP contribution in [0.25, 0.3) is 0 Å². The van der Waals surface area contributed by atoms with Crippen LogP contribution < -0.4 is 20.5 Å². The molecule has 3 N–H and O–H groups in total. The van der Waals surface area contributed by atoms with E-state index in [0.717, 1.165) is 5.56 Å². The zero-order valence-corrected chi connectivity index (χ0v) is 12.2. The average Bonchev–Trinajstić information content (AvgIpc) is 2.44. The molecule has 20 heavy (non-hydrogen) atoms. The molecule has 1 rings (SSSR count). The highest BCUT2D eigenvalue weighted by atomic mass is 16.5. The topological polar surface area (TPSA) is 73.6 Å². The molecule has 1 unspecified atom stereocenters. The Balaban J connectivity index is 2.81. The average molecular weight is 278 g/mol. The van der Waals surface area contributed by atoms with E-state index in [1.165, 1.54) is 0 Å². The first-order chi connectivity index (χ1) is 9.49. The van der Waals surface area contributed by atoms with E-state index in [0.29, 0.717) is 18.0 Å². The monoisotopic (exact) mass is 278 g/mol. The van der Waals surface area contributed by atoms with Crippen molar-refractivity contribution < 1.29 is 14.3 Å². The van der Waals surface area contributed by atoms with Crippen LogP contribution in [0.1, 0.15) is 25.5 Å². The van der Waals surface area contributed by atoms with E-state index < -0.39 is 6.10 Å². The fourth-order valence-electron chi connectivity index (χ4n) is 1.63. The molecule has 0 aliphatic rings. The number of carbonyl (C=O) groups is 1. The van der Waals surface area contributed by atoms with Gasteiger partial charge in [0.2, 0.25) is 0 Å².